The first-order chi connectivity index (χ1) is 7.24. The second-order valence-electron chi connectivity index (χ2n) is 3.48. The van der Waals surface area contributed by atoms with Gasteiger partial charge in [0.2, 0.25) is 0 Å². The quantitative estimate of drug-likeness (QED) is 0.695. The van der Waals surface area contributed by atoms with E-state index < -0.39 is 0 Å². The molecular weight excluding hydrogens is 195 g/mol. The average Bonchev–Trinajstić information content (AvgIpc) is 2.62. The molecule has 2 rings (SSSR count). The number of cyclic esters (lactones) is 1. The molecule has 3 heteroatoms. The molecule has 1 aliphatic heterocycles. The van der Waals surface area contributed by atoms with E-state index in [1.165, 1.54) is 12.1 Å². The molecule has 1 aliphatic rings. The van der Waals surface area contributed by atoms with Gasteiger partial charge in [-0.2, -0.15) is 0 Å². The standard InChI is InChI=1S/C12H11FO2/c13-10-3-1-2-9(8-10)4-5-11-6-7-12(14)15-11/h1-5,8,11H,6-7H2/b5-4-/t11-/m1/s1. The highest BCUT2D eigenvalue weighted by Gasteiger charge is 2.20. The number of rotatable bonds is 2. The molecule has 1 aromatic rings. The van der Waals surface area contributed by atoms with E-state index in [1.807, 2.05) is 0 Å². The van der Waals surface area contributed by atoms with Crippen LogP contribution in [0.4, 0.5) is 4.39 Å². The lowest BCUT2D eigenvalue weighted by atomic mass is 10.1. The molecule has 78 valence electrons. The summed E-state index contributed by atoms with van der Waals surface area (Å²) in [5.74, 6) is -0.426. The number of carbonyl (C=O) groups is 1. The van der Waals surface area contributed by atoms with Crippen molar-refractivity contribution >= 4 is 12.0 Å². The van der Waals surface area contributed by atoms with E-state index in [2.05, 4.69) is 0 Å². The highest BCUT2D eigenvalue weighted by molar-refractivity contribution is 5.72. The Bertz CT molecular complexity index is 398. The lowest BCUT2D eigenvalue weighted by Crippen LogP contribution is -2.01. The average molecular weight is 206 g/mol. The highest BCUT2D eigenvalue weighted by Crippen LogP contribution is 2.16. The van der Waals surface area contributed by atoms with Gasteiger partial charge in [0.1, 0.15) is 11.9 Å². The molecule has 0 radical (unpaired) electrons. The molecular formula is C12H11FO2. The van der Waals surface area contributed by atoms with Crippen LogP contribution in [0, 0.1) is 5.82 Å². The summed E-state index contributed by atoms with van der Waals surface area (Å²) in [5.41, 5.74) is 0.776. The lowest BCUT2D eigenvalue weighted by molar-refractivity contribution is -0.139. The number of hydrogen-bond donors (Lipinski definition) is 0. The Morgan fingerprint density at radius 1 is 1.47 bits per heavy atom. The van der Waals surface area contributed by atoms with Crippen molar-refractivity contribution in [3.05, 3.63) is 41.7 Å². The summed E-state index contributed by atoms with van der Waals surface area (Å²) >= 11 is 0. The van der Waals surface area contributed by atoms with Crippen molar-refractivity contribution in [1.29, 1.82) is 0 Å². The minimum atomic E-state index is -0.263. The summed E-state index contributed by atoms with van der Waals surface area (Å²) in [5, 5.41) is 0. The summed E-state index contributed by atoms with van der Waals surface area (Å²) in [6.45, 7) is 0. The maximum absolute atomic E-state index is 12.8. The molecule has 15 heavy (non-hydrogen) atoms. The van der Waals surface area contributed by atoms with E-state index in [0.717, 1.165) is 5.56 Å². The van der Waals surface area contributed by atoms with Crippen LogP contribution < -0.4 is 0 Å². The predicted octanol–water partition coefficient (Wildman–Crippen LogP) is 2.54. The fourth-order valence-electron chi connectivity index (χ4n) is 1.51. The fourth-order valence-corrected chi connectivity index (χ4v) is 1.51. The van der Waals surface area contributed by atoms with Crippen molar-refractivity contribution in [2.24, 2.45) is 0 Å². The molecule has 0 N–H and O–H groups in total. The Kier molecular flexibility index (Phi) is 2.81. The maximum atomic E-state index is 12.8. The lowest BCUT2D eigenvalue weighted by Gasteiger charge is -2.01. The molecule has 0 aromatic heterocycles. The topological polar surface area (TPSA) is 26.3 Å². The summed E-state index contributed by atoms with van der Waals surface area (Å²) < 4.78 is 17.8. The number of halogens is 1. The van der Waals surface area contributed by atoms with Gasteiger partial charge in [-0.25, -0.2) is 4.39 Å². The molecule has 1 saturated heterocycles. The molecule has 2 nitrogen and oxygen atoms in total. The number of ether oxygens (including phenoxy) is 1. The van der Waals surface area contributed by atoms with Crippen LogP contribution in [0.5, 0.6) is 0 Å². The first kappa shape index (κ1) is 9.90. The van der Waals surface area contributed by atoms with Crippen LogP contribution in [0.25, 0.3) is 6.08 Å². The van der Waals surface area contributed by atoms with E-state index in [-0.39, 0.29) is 17.9 Å². The molecule has 0 unspecified atom stereocenters. The molecule has 1 heterocycles. The molecule has 0 amide bonds. The van der Waals surface area contributed by atoms with Crippen LogP contribution in [0.15, 0.2) is 30.3 Å². The van der Waals surface area contributed by atoms with Crippen LogP contribution in [0.3, 0.4) is 0 Å². The van der Waals surface area contributed by atoms with E-state index in [1.54, 1.807) is 24.3 Å². The van der Waals surface area contributed by atoms with Crippen molar-refractivity contribution in [1.82, 2.24) is 0 Å². The number of hydrogen-bond acceptors (Lipinski definition) is 2. The van der Waals surface area contributed by atoms with Gasteiger partial charge < -0.3 is 4.74 Å². The zero-order chi connectivity index (χ0) is 10.7. The summed E-state index contributed by atoms with van der Waals surface area (Å²) in [7, 11) is 0. The Labute approximate surface area is 87.4 Å². The molecule has 0 bridgehead atoms. The van der Waals surface area contributed by atoms with Gasteiger partial charge in [0, 0.05) is 6.42 Å². The van der Waals surface area contributed by atoms with Crippen LogP contribution in [0.1, 0.15) is 18.4 Å². The monoisotopic (exact) mass is 206 g/mol. The SMILES string of the molecule is O=C1CC[C@@H](/C=C\c2cccc(F)c2)O1. The largest absolute Gasteiger partial charge is 0.458 e. The van der Waals surface area contributed by atoms with Crippen LogP contribution in [-0.4, -0.2) is 12.1 Å². The highest BCUT2D eigenvalue weighted by atomic mass is 19.1. The Morgan fingerprint density at radius 3 is 3.00 bits per heavy atom. The van der Waals surface area contributed by atoms with Gasteiger partial charge >= 0.3 is 5.97 Å². The van der Waals surface area contributed by atoms with Crippen molar-refractivity contribution in [3.8, 4) is 0 Å². The zero-order valence-electron chi connectivity index (χ0n) is 8.15. The Balaban J connectivity index is 2.02. The van der Waals surface area contributed by atoms with Gasteiger partial charge in [-0.05, 0) is 30.2 Å². The van der Waals surface area contributed by atoms with Gasteiger partial charge in [-0.15, -0.1) is 0 Å². The first-order valence-electron chi connectivity index (χ1n) is 4.87. The molecule has 1 aromatic carbocycles. The third kappa shape index (κ3) is 2.65. The summed E-state index contributed by atoms with van der Waals surface area (Å²) in [6, 6.07) is 6.28. The van der Waals surface area contributed by atoms with Gasteiger partial charge in [0.05, 0.1) is 0 Å². The van der Waals surface area contributed by atoms with Crippen molar-refractivity contribution in [2.75, 3.05) is 0 Å². The summed E-state index contributed by atoms with van der Waals surface area (Å²) in [4.78, 5) is 10.8. The number of esters is 1. The van der Waals surface area contributed by atoms with Crippen LogP contribution in [0.2, 0.25) is 0 Å². The van der Waals surface area contributed by atoms with Crippen molar-refractivity contribution < 1.29 is 13.9 Å². The maximum Gasteiger partial charge on any atom is 0.306 e. The first-order valence-corrected chi connectivity index (χ1v) is 4.87. The predicted molar refractivity (Wildman–Crippen MR) is 54.5 cm³/mol. The van der Waals surface area contributed by atoms with E-state index >= 15 is 0 Å². The second kappa shape index (κ2) is 4.26. The zero-order valence-corrected chi connectivity index (χ0v) is 8.15. The van der Waals surface area contributed by atoms with E-state index in [9.17, 15) is 9.18 Å². The second-order valence-corrected chi connectivity index (χ2v) is 3.48. The molecule has 1 atom stereocenters. The number of benzene rings is 1. The third-order valence-electron chi connectivity index (χ3n) is 2.27. The molecule has 0 saturated carbocycles. The van der Waals surface area contributed by atoms with Crippen LogP contribution >= 0.6 is 0 Å². The summed E-state index contributed by atoms with van der Waals surface area (Å²) in [6.07, 6.45) is 4.59. The van der Waals surface area contributed by atoms with Gasteiger partial charge in [0.25, 0.3) is 0 Å². The van der Waals surface area contributed by atoms with Crippen molar-refractivity contribution in [3.63, 3.8) is 0 Å². The van der Waals surface area contributed by atoms with Crippen molar-refractivity contribution in [2.45, 2.75) is 18.9 Å². The Morgan fingerprint density at radius 2 is 2.33 bits per heavy atom. The van der Waals surface area contributed by atoms with Gasteiger partial charge in [-0.1, -0.05) is 18.2 Å². The van der Waals surface area contributed by atoms with E-state index in [4.69, 9.17) is 4.74 Å². The fraction of sp³-hybridized carbons (Fsp3) is 0.250. The molecule has 1 fully saturated rings. The molecule has 0 aliphatic carbocycles. The smallest absolute Gasteiger partial charge is 0.306 e. The van der Waals surface area contributed by atoms with Gasteiger partial charge in [-0.3, -0.25) is 4.79 Å². The third-order valence-corrected chi connectivity index (χ3v) is 2.27. The minimum Gasteiger partial charge on any atom is -0.458 e. The van der Waals surface area contributed by atoms with Crippen LogP contribution in [-0.2, 0) is 9.53 Å². The number of carbonyl (C=O) groups excluding carboxylic acids is 1. The van der Waals surface area contributed by atoms with Gasteiger partial charge in [0.15, 0.2) is 0 Å². The minimum absolute atomic E-state index is 0.152. The van der Waals surface area contributed by atoms with E-state index in [0.29, 0.717) is 12.8 Å². The Hall–Kier alpha value is -1.64. The molecule has 0 spiro atoms. The normalized spacial score (nSPS) is 20.9.